The number of rotatable bonds is 11. The standard InChI is InChI=1S/C30H34N3O3/c1-21(17-23-14-15-25(35-3)18-28(23)36-4)13-16-30(34)31-19-29-32-26-11-7-8-12-27(26)33(29)20-24-10-6-5-9-22(24)2/h5-12,14-15,18,21H,13,16-17,19-20H2,1-4H3. The number of fused-ring (bicyclic) bond motifs is 1. The summed E-state index contributed by atoms with van der Waals surface area (Å²) in [6.07, 6.45) is 2.00. The van der Waals surface area contributed by atoms with Crippen molar-refractivity contribution in [3.05, 3.63) is 89.2 Å². The summed E-state index contributed by atoms with van der Waals surface area (Å²) in [7, 11) is 3.31. The molecule has 0 fully saturated rings. The van der Waals surface area contributed by atoms with Gasteiger partial charge in [-0.05, 0) is 60.6 Å². The van der Waals surface area contributed by atoms with E-state index in [0.29, 0.717) is 18.9 Å². The lowest BCUT2D eigenvalue weighted by atomic mass is 9.95. The minimum absolute atomic E-state index is 0.0851. The Hall–Kier alpha value is -3.80. The van der Waals surface area contributed by atoms with Crippen LogP contribution in [0.3, 0.4) is 0 Å². The normalized spacial score (nSPS) is 11.9. The van der Waals surface area contributed by atoms with Crippen LogP contribution in [0.15, 0.2) is 66.7 Å². The fourth-order valence-electron chi connectivity index (χ4n) is 4.49. The number of hydrogen-bond donors (Lipinski definition) is 0. The van der Waals surface area contributed by atoms with Gasteiger partial charge in [0.15, 0.2) is 0 Å². The summed E-state index contributed by atoms with van der Waals surface area (Å²) >= 11 is 0. The number of imidazole rings is 1. The van der Waals surface area contributed by atoms with E-state index in [9.17, 15) is 4.79 Å². The van der Waals surface area contributed by atoms with Crippen LogP contribution in [-0.2, 0) is 24.3 Å². The van der Waals surface area contributed by atoms with Crippen molar-refractivity contribution in [3.8, 4) is 11.5 Å². The van der Waals surface area contributed by atoms with Gasteiger partial charge in [0.2, 0.25) is 5.91 Å². The molecule has 1 heterocycles. The first-order valence-electron chi connectivity index (χ1n) is 12.4. The Morgan fingerprint density at radius 1 is 1.00 bits per heavy atom. The molecule has 3 aromatic carbocycles. The molecule has 4 aromatic rings. The van der Waals surface area contributed by atoms with Crippen LogP contribution in [0.5, 0.6) is 11.5 Å². The van der Waals surface area contributed by atoms with Gasteiger partial charge >= 0.3 is 0 Å². The van der Waals surface area contributed by atoms with E-state index in [1.165, 1.54) is 11.1 Å². The summed E-state index contributed by atoms with van der Waals surface area (Å²) in [6.45, 7) is 5.25. The molecule has 1 atom stereocenters. The Morgan fingerprint density at radius 3 is 2.56 bits per heavy atom. The predicted molar refractivity (Wildman–Crippen MR) is 143 cm³/mol. The SMILES string of the molecule is COc1ccc(CC(C)CCC(=O)[N]Cc2nc3ccccc3n2Cc2ccccc2C)c(OC)c1. The Kier molecular flexibility index (Phi) is 8.26. The summed E-state index contributed by atoms with van der Waals surface area (Å²) in [5.74, 6) is 2.62. The van der Waals surface area contributed by atoms with Crippen molar-refractivity contribution in [3.63, 3.8) is 0 Å². The average molecular weight is 485 g/mol. The Labute approximate surface area is 213 Å². The number of hydrogen-bond acceptors (Lipinski definition) is 4. The largest absolute Gasteiger partial charge is 0.497 e. The lowest BCUT2D eigenvalue weighted by Gasteiger charge is -2.15. The molecule has 4 rings (SSSR count). The van der Waals surface area contributed by atoms with Gasteiger partial charge in [-0.25, -0.2) is 10.3 Å². The van der Waals surface area contributed by atoms with E-state index in [0.717, 1.165) is 46.8 Å². The third-order valence-electron chi connectivity index (χ3n) is 6.63. The van der Waals surface area contributed by atoms with Gasteiger partial charge in [0, 0.05) is 19.0 Å². The smallest absolute Gasteiger partial charge is 0.241 e. The molecule has 0 N–H and O–H groups in total. The monoisotopic (exact) mass is 484 g/mol. The highest BCUT2D eigenvalue weighted by Crippen LogP contribution is 2.28. The minimum Gasteiger partial charge on any atom is -0.497 e. The minimum atomic E-state index is -0.0851. The molecular weight excluding hydrogens is 450 g/mol. The van der Waals surface area contributed by atoms with Gasteiger partial charge in [0.25, 0.3) is 0 Å². The molecule has 1 radical (unpaired) electrons. The van der Waals surface area contributed by atoms with E-state index >= 15 is 0 Å². The molecule has 1 unspecified atom stereocenters. The highest BCUT2D eigenvalue weighted by molar-refractivity contribution is 5.77. The second-order valence-corrected chi connectivity index (χ2v) is 9.27. The van der Waals surface area contributed by atoms with Gasteiger partial charge in [-0.3, -0.25) is 4.79 Å². The molecular formula is C30H34N3O3. The van der Waals surface area contributed by atoms with Crippen molar-refractivity contribution in [1.29, 1.82) is 0 Å². The van der Waals surface area contributed by atoms with Crippen molar-refractivity contribution < 1.29 is 14.3 Å². The highest BCUT2D eigenvalue weighted by atomic mass is 16.5. The maximum Gasteiger partial charge on any atom is 0.241 e. The molecule has 0 aliphatic rings. The zero-order valence-corrected chi connectivity index (χ0v) is 21.5. The van der Waals surface area contributed by atoms with Gasteiger partial charge in [-0.2, -0.15) is 0 Å². The van der Waals surface area contributed by atoms with Crippen molar-refractivity contribution in [2.75, 3.05) is 14.2 Å². The van der Waals surface area contributed by atoms with Crippen LogP contribution in [0.4, 0.5) is 0 Å². The Balaban J connectivity index is 1.37. The van der Waals surface area contributed by atoms with Crippen LogP contribution < -0.4 is 14.8 Å². The number of aryl methyl sites for hydroxylation is 1. The molecule has 6 nitrogen and oxygen atoms in total. The fourth-order valence-corrected chi connectivity index (χ4v) is 4.49. The van der Waals surface area contributed by atoms with Gasteiger partial charge in [-0.15, -0.1) is 0 Å². The summed E-state index contributed by atoms with van der Waals surface area (Å²) in [4.78, 5) is 17.5. The Bertz CT molecular complexity index is 1330. The molecule has 1 amide bonds. The number of carbonyl (C=O) groups excluding carboxylic acids is 1. The summed E-state index contributed by atoms with van der Waals surface area (Å²) in [5.41, 5.74) is 5.55. The first-order valence-corrected chi connectivity index (χ1v) is 12.4. The topological polar surface area (TPSA) is 67.5 Å². The lowest BCUT2D eigenvalue weighted by Crippen LogP contribution is -2.19. The van der Waals surface area contributed by atoms with Crippen LogP contribution in [0.1, 0.15) is 42.3 Å². The maximum atomic E-state index is 12.7. The van der Waals surface area contributed by atoms with Gasteiger partial charge in [-0.1, -0.05) is 49.4 Å². The van der Waals surface area contributed by atoms with Crippen LogP contribution in [0.25, 0.3) is 11.0 Å². The van der Waals surface area contributed by atoms with Crippen LogP contribution >= 0.6 is 0 Å². The summed E-state index contributed by atoms with van der Waals surface area (Å²) in [6, 6.07) is 22.3. The molecule has 0 aliphatic carbocycles. The molecule has 0 aliphatic heterocycles. The zero-order valence-electron chi connectivity index (χ0n) is 21.5. The number of aromatic nitrogens is 2. The molecule has 0 bridgehead atoms. The number of para-hydroxylation sites is 2. The van der Waals surface area contributed by atoms with Gasteiger partial charge in [0.05, 0.1) is 25.3 Å². The van der Waals surface area contributed by atoms with E-state index in [2.05, 4.69) is 48.0 Å². The zero-order chi connectivity index (χ0) is 25.5. The summed E-state index contributed by atoms with van der Waals surface area (Å²) < 4.78 is 13.0. The molecule has 1 aromatic heterocycles. The molecule has 0 saturated heterocycles. The fraction of sp³-hybridized carbons (Fsp3) is 0.333. The molecule has 0 spiro atoms. The third kappa shape index (κ3) is 6.06. The number of ether oxygens (including phenoxy) is 2. The van der Waals surface area contributed by atoms with E-state index < -0.39 is 0 Å². The van der Waals surface area contributed by atoms with Crippen LogP contribution in [0.2, 0.25) is 0 Å². The highest BCUT2D eigenvalue weighted by Gasteiger charge is 2.16. The molecule has 36 heavy (non-hydrogen) atoms. The van der Waals surface area contributed by atoms with Crippen LogP contribution in [0, 0.1) is 12.8 Å². The summed E-state index contributed by atoms with van der Waals surface area (Å²) in [5, 5.41) is 4.39. The molecule has 0 saturated carbocycles. The average Bonchev–Trinajstić information content (AvgIpc) is 3.25. The number of benzene rings is 3. The quantitative estimate of drug-likeness (QED) is 0.274. The first kappa shape index (κ1) is 25.3. The third-order valence-corrected chi connectivity index (χ3v) is 6.63. The van der Waals surface area contributed by atoms with Crippen molar-refractivity contribution in [2.24, 2.45) is 5.92 Å². The van der Waals surface area contributed by atoms with Crippen LogP contribution in [-0.4, -0.2) is 29.7 Å². The van der Waals surface area contributed by atoms with Crippen molar-refractivity contribution in [2.45, 2.75) is 46.2 Å². The number of amides is 1. The van der Waals surface area contributed by atoms with E-state index in [1.807, 2.05) is 42.5 Å². The second-order valence-electron chi connectivity index (χ2n) is 9.27. The molecule has 187 valence electrons. The first-order chi connectivity index (χ1) is 17.5. The van der Waals surface area contributed by atoms with E-state index in [-0.39, 0.29) is 12.5 Å². The number of carbonyl (C=O) groups is 1. The van der Waals surface area contributed by atoms with E-state index in [4.69, 9.17) is 14.5 Å². The maximum absolute atomic E-state index is 12.7. The predicted octanol–water partition coefficient (Wildman–Crippen LogP) is 5.70. The van der Waals surface area contributed by atoms with Crippen molar-refractivity contribution in [1.82, 2.24) is 14.9 Å². The lowest BCUT2D eigenvalue weighted by molar-refractivity contribution is -0.121. The van der Waals surface area contributed by atoms with E-state index in [1.54, 1.807) is 14.2 Å². The number of methoxy groups -OCH3 is 2. The Morgan fingerprint density at radius 2 is 1.78 bits per heavy atom. The molecule has 6 heteroatoms. The van der Waals surface area contributed by atoms with Crippen molar-refractivity contribution >= 4 is 16.9 Å². The number of nitrogens with zero attached hydrogens (tertiary/aromatic N) is 3. The second kappa shape index (κ2) is 11.8. The van der Waals surface area contributed by atoms with Gasteiger partial charge in [0.1, 0.15) is 23.9 Å². The van der Waals surface area contributed by atoms with Gasteiger partial charge < -0.3 is 14.0 Å².